The summed E-state index contributed by atoms with van der Waals surface area (Å²) in [5.74, 6) is -0.0809. The van der Waals surface area contributed by atoms with Crippen molar-refractivity contribution < 1.29 is 9.18 Å². The van der Waals surface area contributed by atoms with Crippen LogP contribution in [0.15, 0.2) is 18.2 Å². The zero-order valence-electron chi connectivity index (χ0n) is 11.0. The van der Waals surface area contributed by atoms with Crippen LogP contribution in [0, 0.1) is 6.92 Å². The van der Waals surface area contributed by atoms with Gasteiger partial charge in [0.1, 0.15) is 6.17 Å². The number of alkyl halides is 1. The third-order valence-electron chi connectivity index (χ3n) is 3.43. The van der Waals surface area contributed by atoms with Gasteiger partial charge >= 0.3 is 0 Å². The maximum atomic E-state index is 13.0. The number of carbonyl (C=O) groups excluding carboxylic acids is 1. The Morgan fingerprint density at radius 1 is 1.47 bits per heavy atom. The number of piperidine rings is 1. The second-order valence-electron chi connectivity index (χ2n) is 4.91. The second-order valence-corrected chi connectivity index (χ2v) is 5.32. The number of nitrogens with zero attached hydrogens (tertiary/aromatic N) is 1. The highest BCUT2D eigenvalue weighted by molar-refractivity contribution is 6.31. The molecule has 0 aliphatic carbocycles. The standard InChI is InChI=1S/C14H18ClFN2O/c1-10-12(15)3-2-4-13(10)17-14(19)9-18-7-5-11(16)6-8-18/h2-4,11H,5-9H2,1H3,(H,17,19). The molecule has 0 aromatic heterocycles. The van der Waals surface area contributed by atoms with Gasteiger partial charge in [-0.05, 0) is 37.5 Å². The molecule has 1 saturated heterocycles. The van der Waals surface area contributed by atoms with Crippen LogP contribution in [0.25, 0.3) is 0 Å². The van der Waals surface area contributed by atoms with Crippen LogP contribution in [0.3, 0.4) is 0 Å². The summed E-state index contributed by atoms with van der Waals surface area (Å²) in [7, 11) is 0. The van der Waals surface area contributed by atoms with Crippen molar-refractivity contribution in [2.75, 3.05) is 25.0 Å². The van der Waals surface area contributed by atoms with Gasteiger partial charge in [0.25, 0.3) is 0 Å². The minimum atomic E-state index is -0.713. The Bertz CT molecular complexity index is 459. The van der Waals surface area contributed by atoms with E-state index in [0.717, 1.165) is 11.3 Å². The molecule has 5 heteroatoms. The molecule has 19 heavy (non-hydrogen) atoms. The second kappa shape index (κ2) is 6.35. The van der Waals surface area contributed by atoms with Crippen LogP contribution in [-0.4, -0.2) is 36.6 Å². The number of nitrogens with one attached hydrogen (secondary N) is 1. The van der Waals surface area contributed by atoms with Gasteiger partial charge in [0, 0.05) is 23.8 Å². The van der Waals surface area contributed by atoms with E-state index in [1.165, 1.54) is 0 Å². The summed E-state index contributed by atoms with van der Waals surface area (Å²) in [6.45, 7) is 3.46. The summed E-state index contributed by atoms with van der Waals surface area (Å²) >= 11 is 6.00. The summed E-state index contributed by atoms with van der Waals surface area (Å²) in [6, 6.07) is 5.42. The average molecular weight is 285 g/mol. The van der Waals surface area contributed by atoms with Crippen molar-refractivity contribution in [3.63, 3.8) is 0 Å². The number of amides is 1. The third-order valence-corrected chi connectivity index (χ3v) is 3.84. The maximum absolute atomic E-state index is 13.0. The van der Waals surface area contributed by atoms with Crippen LogP contribution in [0.2, 0.25) is 5.02 Å². The fourth-order valence-corrected chi connectivity index (χ4v) is 2.37. The van der Waals surface area contributed by atoms with Crippen LogP contribution in [0.1, 0.15) is 18.4 Å². The Labute approximate surface area is 117 Å². The lowest BCUT2D eigenvalue weighted by Gasteiger charge is -2.27. The van der Waals surface area contributed by atoms with E-state index in [1.807, 2.05) is 17.9 Å². The van der Waals surface area contributed by atoms with Gasteiger partial charge in [-0.2, -0.15) is 0 Å². The van der Waals surface area contributed by atoms with Crippen LogP contribution < -0.4 is 5.32 Å². The number of benzene rings is 1. The molecule has 1 aliphatic heterocycles. The largest absolute Gasteiger partial charge is 0.325 e. The van der Waals surface area contributed by atoms with Crippen molar-refractivity contribution in [3.05, 3.63) is 28.8 Å². The van der Waals surface area contributed by atoms with Crippen molar-refractivity contribution in [1.29, 1.82) is 0 Å². The number of carbonyl (C=O) groups is 1. The van der Waals surface area contributed by atoms with Gasteiger partial charge in [0.05, 0.1) is 6.54 Å². The number of rotatable bonds is 3. The average Bonchev–Trinajstić information content (AvgIpc) is 2.38. The van der Waals surface area contributed by atoms with Crippen LogP contribution in [0.5, 0.6) is 0 Å². The predicted molar refractivity (Wildman–Crippen MR) is 75.4 cm³/mol. The zero-order chi connectivity index (χ0) is 13.8. The molecule has 1 fully saturated rings. The fourth-order valence-electron chi connectivity index (χ4n) is 2.20. The van der Waals surface area contributed by atoms with Crippen molar-refractivity contribution >= 4 is 23.2 Å². The Hall–Kier alpha value is -1.13. The molecule has 1 heterocycles. The minimum absolute atomic E-state index is 0.0809. The van der Waals surface area contributed by atoms with E-state index < -0.39 is 6.17 Å². The molecule has 1 amide bonds. The van der Waals surface area contributed by atoms with E-state index in [4.69, 9.17) is 11.6 Å². The van der Waals surface area contributed by atoms with E-state index in [-0.39, 0.29) is 5.91 Å². The van der Waals surface area contributed by atoms with E-state index in [0.29, 0.717) is 37.5 Å². The molecule has 3 nitrogen and oxygen atoms in total. The van der Waals surface area contributed by atoms with Gasteiger partial charge in [-0.1, -0.05) is 17.7 Å². The van der Waals surface area contributed by atoms with Crippen LogP contribution in [-0.2, 0) is 4.79 Å². The Morgan fingerprint density at radius 3 is 2.84 bits per heavy atom. The van der Waals surface area contributed by atoms with Crippen molar-refractivity contribution in [3.8, 4) is 0 Å². The first-order valence-electron chi connectivity index (χ1n) is 6.47. The molecule has 0 atom stereocenters. The summed E-state index contributed by atoms with van der Waals surface area (Å²) < 4.78 is 13.0. The molecule has 0 radical (unpaired) electrons. The fraction of sp³-hybridized carbons (Fsp3) is 0.500. The lowest BCUT2D eigenvalue weighted by atomic mass is 10.1. The molecule has 0 unspecified atom stereocenters. The molecular formula is C14H18ClFN2O. The predicted octanol–water partition coefficient (Wildman–Crippen LogP) is 3.02. The number of halogens is 2. The normalized spacial score (nSPS) is 17.4. The monoisotopic (exact) mass is 284 g/mol. The van der Waals surface area contributed by atoms with E-state index in [9.17, 15) is 9.18 Å². The van der Waals surface area contributed by atoms with Crippen LogP contribution >= 0.6 is 11.6 Å². The van der Waals surface area contributed by atoms with Gasteiger partial charge in [-0.15, -0.1) is 0 Å². The van der Waals surface area contributed by atoms with Gasteiger partial charge < -0.3 is 5.32 Å². The van der Waals surface area contributed by atoms with E-state index >= 15 is 0 Å². The van der Waals surface area contributed by atoms with Crippen molar-refractivity contribution in [1.82, 2.24) is 4.90 Å². The van der Waals surface area contributed by atoms with Crippen molar-refractivity contribution in [2.24, 2.45) is 0 Å². The zero-order valence-corrected chi connectivity index (χ0v) is 11.7. The summed E-state index contributed by atoms with van der Waals surface area (Å²) in [5, 5.41) is 3.49. The Morgan fingerprint density at radius 2 is 2.16 bits per heavy atom. The number of anilines is 1. The highest BCUT2D eigenvalue weighted by Gasteiger charge is 2.20. The molecule has 2 rings (SSSR count). The molecule has 1 aliphatic rings. The first-order valence-corrected chi connectivity index (χ1v) is 6.85. The molecule has 0 spiro atoms. The molecule has 0 bridgehead atoms. The van der Waals surface area contributed by atoms with Gasteiger partial charge in [-0.25, -0.2) is 4.39 Å². The first kappa shape index (κ1) is 14.3. The molecule has 104 valence electrons. The lowest BCUT2D eigenvalue weighted by molar-refractivity contribution is -0.117. The van der Waals surface area contributed by atoms with Gasteiger partial charge in [0.2, 0.25) is 5.91 Å². The Balaban J connectivity index is 1.89. The molecular weight excluding hydrogens is 267 g/mol. The first-order chi connectivity index (χ1) is 9.06. The SMILES string of the molecule is Cc1c(Cl)cccc1NC(=O)CN1CCC(F)CC1. The lowest BCUT2D eigenvalue weighted by Crippen LogP contribution is -2.39. The molecule has 0 saturated carbocycles. The number of hydrogen-bond donors (Lipinski definition) is 1. The Kier molecular flexibility index (Phi) is 4.77. The number of hydrogen-bond acceptors (Lipinski definition) is 2. The van der Waals surface area contributed by atoms with Crippen LogP contribution in [0.4, 0.5) is 10.1 Å². The summed E-state index contributed by atoms with van der Waals surface area (Å²) in [6.07, 6.45) is 0.321. The quantitative estimate of drug-likeness (QED) is 0.925. The van der Waals surface area contributed by atoms with E-state index in [1.54, 1.807) is 12.1 Å². The smallest absolute Gasteiger partial charge is 0.238 e. The highest BCUT2D eigenvalue weighted by atomic mass is 35.5. The minimum Gasteiger partial charge on any atom is -0.325 e. The molecule has 1 aromatic carbocycles. The summed E-state index contributed by atoms with van der Waals surface area (Å²) in [4.78, 5) is 13.9. The third kappa shape index (κ3) is 3.91. The van der Waals surface area contributed by atoms with E-state index in [2.05, 4.69) is 5.32 Å². The highest BCUT2D eigenvalue weighted by Crippen LogP contribution is 2.23. The van der Waals surface area contributed by atoms with Gasteiger partial charge in [0.15, 0.2) is 0 Å². The topological polar surface area (TPSA) is 32.3 Å². The maximum Gasteiger partial charge on any atom is 0.238 e. The van der Waals surface area contributed by atoms with Gasteiger partial charge in [-0.3, -0.25) is 9.69 Å². The summed E-state index contributed by atoms with van der Waals surface area (Å²) in [5.41, 5.74) is 1.60. The molecule has 1 N–H and O–H groups in total. The number of likely N-dealkylation sites (tertiary alicyclic amines) is 1. The van der Waals surface area contributed by atoms with Crippen molar-refractivity contribution in [2.45, 2.75) is 25.9 Å². The molecule has 1 aromatic rings.